The molecule has 1 aromatic carbocycles. The molecule has 0 fully saturated rings. The average Bonchev–Trinajstić information content (AvgIpc) is 2.15. The zero-order valence-electron chi connectivity index (χ0n) is 7.47. The Morgan fingerprint density at radius 2 is 2.00 bits per heavy atom. The number of halogens is 1. The molecule has 0 radical (unpaired) electrons. The molecule has 1 rings (SSSR count). The molecule has 72 valence electrons. The molecule has 2 N–H and O–H groups in total. The van der Waals surface area contributed by atoms with E-state index in [-0.39, 0.29) is 17.2 Å². The van der Waals surface area contributed by atoms with Crippen LogP contribution in [-0.2, 0) is 6.42 Å². The number of phenols is 2. The first-order valence-electron chi connectivity index (χ1n) is 3.89. The van der Waals surface area contributed by atoms with E-state index < -0.39 is 0 Å². The summed E-state index contributed by atoms with van der Waals surface area (Å²) >= 11 is 3.19. The third-order valence-corrected chi connectivity index (χ3v) is 2.74. The predicted octanol–water partition coefficient (Wildman–Crippen LogP) is 2.43. The average molecular weight is 247 g/mol. The van der Waals surface area contributed by atoms with Gasteiger partial charge in [-0.2, -0.15) is 0 Å². The van der Waals surface area contributed by atoms with E-state index in [1.165, 1.54) is 7.11 Å². The molecule has 0 atom stereocenters. The zero-order valence-corrected chi connectivity index (χ0v) is 9.05. The molecule has 3 nitrogen and oxygen atoms in total. The molecule has 1 aromatic rings. The van der Waals surface area contributed by atoms with Gasteiger partial charge in [-0.05, 0) is 34.0 Å². The summed E-state index contributed by atoms with van der Waals surface area (Å²) in [5, 5.41) is 18.8. The van der Waals surface area contributed by atoms with Crippen LogP contribution in [0.3, 0.4) is 0 Å². The Morgan fingerprint density at radius 1 is 1.38 bits per heavy atom. The Morgan fingerprint density at radius 3 is 2.46 bits per heavy atom. The van der Waals surface area contributed by atoms with E-state index in [1.807, 2.05) is 6.92 Å². The number of aromatic hydroxyl groups is 2. The fraction of sp³-hybridized carbons (Fsp3) is 0.333. The van der Waals surface area contributed by atoms with Gasteiger partial charge in [-0.1, -0.05) is 6.92 Å². The minimum absolute atomic E-state index is 0.170. The molecule has 0 amide bonds. The molecule has 0 aliphatic heterocycles. The Balaban J connectivity index is 3.36. The molecule has 0 bridgehead atoms. The van der Waals surface area contributed by atoms with E-state index >= 15 is 0 Å². The van der Waals surface area contributed by atoms with Gasteiger partial charge in [0.1, 0.15) is 0 Å². The first kappa shape index (κ1) is 10.2. The number of hydrogen-bond acceptors (Lipinski definition) is 3. The Kier molecular flexibility index (Phi) is 3.03. The molecule has 0 unspecified atom stereocenters. The lowest BCUT2D eigenvalue weighted by molar-refractivity contribution is 0.349. The van der Waals surface area contributed by atoms with Crippen molar-refractivity contribution in [2.24, 2.45) is 0 Å². The van der Waals surface area contributed by atoms with Gasteiger partial charge < -0.3 is 14.9 Å². The standard InChI is InChI=1S/C9H11BrO3/c1-3-5-4-6(13-2)8(11)9(12)7(5)10/h4,11-12H,3H2,1-2H3. The minimum Gasteiger partial charge on any atom is -0.503 e. The highest BCUT2D eigenvalue weighted by atomic mass is 79.9. The van der Waals surface area contributed by atoms with Gasteiger partial charge >= 0.3 is 0 Å². The fourth-order valence-corrected chi connectivity index (χ4v) is 1.66. The molecule has 0 aliphatic carbocycles. The third-order valence-electron chi connectivity index (χ3n) is 1.85. The monoisotopic (exact) mass is 246 g/mol. The normalized spacial score (nSPS) is 10.1. The van der Waals surface area contributed by atoms with Crippen molar-refractivity contribution in [1.82, 2.24) is 0 Å². The van der Waals surface area contributed by atoms with Gasteiger partial charge in [-0.25, -0.2) is 0 Å². The first-order chi connectivity index (χ1) is 6.11. The minimum atomic E-state index is -0.230. The van der Waals surface area contributed by atoms with Crippen molar-refractivity contribution >= 4 is 15.9 Å². The van der Waals surface area contributed by atoms with Crippen LogP contribution in [0, 0.1) is 0 Å². The maximum atomic E-state index is 9.45. The van der Waals surface area contributed by atoms with Crippen molar-refractivity contribution < 1.29 is 14.9 Å². The summed E-state index contributed by atoms with van der Waals surface area (Å²) in [5.41, 5.74) is 0.896. The van der Waals surface area contributed by atoms with E-state index in [1.54, 1.807) is 6.07 Å². The van der Waals surface area contributed by atoms with Gasteiger partial charge in [0, 0.05) is 0 Å². The summed E-state index contributed by atoms with van der Waals surface area (Å²) in [6.45, 7) is 1.95. The van der Waals surface area contributed by atoms with Gasteiger partial charge in [-0.3, -0.25) is 0 Å². The van der Waals surface area contributed by atoms with Crippen LogP contribution in [-0.4, -0.2) is 17.3 Å². The van der Waals surface area contributed by atoms with Crippen molar-refractivity contribution in [1.29, 1.82) is 0 Å². The molecule has 0 spiro atoms. The van der Waals surface area contributed by atoms with Crippen LogP contribution in [0.1, 0.15) is 12.5 Å². The van der Waals surface area contributed by atoms with Crippen LogP contribution in [0.25, 0.3) is 0 Å². The van der Waals surface area contributed by atoms with Gasteiger partial charge in [-0.15, -0.1) is 0 Å². The van der Waals surface area contributed by atoms with E-state index in [0.717, 1.165) is 12.0 Å². The summed E-state index contributed by atoms with van der Waals surface area (Å²) in [5.74, 6) is -0.111. The van der Waals surface area contributed by atoms with E-state index in [0.29, 0.717) is 4.47 Å². The highest BCUT2D eigenvalue weighted by Crippen LogP contribution is 2.43. The van der Waals surface area contributed by atoms with Crippen molar-refractivity contribution in [3.63, 3.8) is 0 Å². The highest BCUT2D eigenvalue weighted by Gasteiger charge is 2.14. The maximum Gasteiger partial charge on any atom is 0.201 e. The lowest BCUT2D eigenvalue weighted by atomic mass is 10.1. The van der Waals surface area contributed by atoms with Crippen molar-refractivity contribution in [3.8, 4) is 17.2 Å². The van der Waals surface area contributed by atoms with Gasteiger partial charge in [0.15, 0.2) is 11.5 Å². The Labute approximate surface area is 85.1 Å². The van der Waals surface area contributed by atoms with E-state index in [4.69, 9.17) is 4.74 Å². The van der Waals surface area contributed by atoms with Crippen LogP contribution in [0.5, 0.6) is 17.2 Å². The van der Waals surface area contributed by atoms with E-state index in [2.05, 4.69) is 15.9 Å². The summed E-state index contributed by atoms with van der Waals surface area (Å²) in [6, 6.07) is 1.69. The van der Waals surface area contributed by atoms with Gasteiger partial charge in [0.25, 0.3) is 0 Å². The number of benzene rings is 1. The number of ether oxygens (including phenoxy) is 1. The third kappa shape index (κ3) is 1.72. The molecular weight excluding hydrogens is 236 g/mol. The lowest BCUT2D eigenvalue weighted by Crippen LogP contribution is -1.89. The quantitative estimate of drug-likeness (QED) is 0.789. The summed E-state index contributed by atoms with van der Waals surface area (Å²) in [4.78, 5) is 0. The second kappa shape index (κ2) is 3.87. The largest absolute Gasteiger partial charge is 0.503 e. The summed E-state index contributed by atoms with van der Waals surface area (Å²) in [6.07, 6.45) is 0.755. The fourth-order valence-electron chi connectivity index (χ4n) is 1.08. The molecule has 4 heteroatoms. The molecule has 0 heterocycles. The lowest BCUT2D eigenvalue weighted by Gasteiger charge is -2.10. The highest BCUT2D eigenvalue weighted by molar-refractivity contribution is 9.10. The topological polar surface area (TPSA) is 49.7 Å². The van der Waals surface area contributed by atoms with Crippen LogP contribution in [0.15, 0.2) is 10.5 Å². The second-order valence-corrected chi connectivity index (χ2v) is 3.40. The SMILES string of the molecule is CCc1cc(OC)c(O)c(O)c1Br. The summed E-state index contributed by atoms with van der Waals surface area (Å²) < 4.78 is 5.41. The Bertz CT molecular complexity index is 295. The van der Waals surface area contributed by atoms with Crippen LogP contribution < -0.4 is 4.74 Å². The molecule has 0 saturated heterocycles. The van der Waals surface area contributed by atoms with Crippen molar-refractivity contribution in [2.75, 3.05) is 7.11 Å². The summed E-state index contributed by atoms with van der Waals surface area (Å²) in [7, 11) is 1.45. The van der Waals surface area contributed by atoms with Crippen molar-refractivity contribution in [3.05, 3.63) is 16.1 Å². The first-order valence-corrected chi connectivity index (χ1v) is 4.68. The van der Waals surface area contributed by atoms with Crippen LogP contribution in [0.2, 0.25) is 0 Å². The molecule has 13 heavy (non-hydrogen) atoms. The van der Waals surface area contributed by atoms with E-state index in [9.17, 15) is 10.2 Å². The molecular formula is C9H11BrO3. The number of rotatable bonds is 2. The zero-order chi connectivity index (χ0) is 10.0. The molecule has 0 aliphatic rings. The number of hydrogen-bond donors (Lipinski definition) is 2. The van der Waals surface area contributed by atoms with Crippen LogP contribution >= 0.6 is 15.9 Å². The Hall–Kier alpha value is -0.900. The predicted molar refractivity (Wildman–Crippen MR) is 53.4 cm³/mol. The molecule has 0 aromatic heterocycles. The number of methoxy groups -OCH3 is 1. The van der Waals surface area contributed by atoms with Gasteiger partial charge in [0.05, 0.1) is 11.6 Å². The maximum absolute atomic E-state index is 9.45. The second-order valence-electron chi connectivity index (χ2n) is 2.60. The van der Waals surface area contributed by atoms with Crippen molar-refractivity contribution in [2.45, 2.75) is 13.3 Å². The molecule has 0 saturated carbocycles. The van der Waals surface area contributed by atoms with Crippen LogP contribution in [0.4, 0.5) is 0 Å². The smallest absolute Gasteiger partial charge is 0.201 e. The number of phenolic OH excluding ortho intramolecular Hbond substituents is 2. The number of aryl methyl sites for hydroxylation is 1. The van der Waals surface area contributed by atoms with Gasteiger partial charge in [0.2, 0.25) is 5.75 Å².